The van der Waals surface area contributed by atoms with Crippen LogP contribution in [0.4, 0.5) is 4.39 Å². The Labute approximate surface area is 156 Å². The fourth-order valence-electron chi connectivity index (χ4n) is 3.63. The molecular weight excluding hydrogens is 351 g/mol. The van der Waals surface area contributed by atoms with Gasteiger partial charge in [0.25, 0.3) is 0 Å². The number of amides is 2. The van der Waals surface area contributed by atoms with E-state index < -0.39 is 0 Å². The number of hydrogen-bond donors (Lipinski definition) is 0. The van der Waals surface area contributed by atoms with Gasteiger partial charge in [-0.1, -0.05) is 18.2 Å². The Morgan fingerprint density at radius 3 is 2.38 bits per heavy atom. The molecule has 0 N–H and O–H groups in total. The molecule has 2 aliphatic rings. The minimum atomic E-state index is -0.249. The molecule has 1 saturated carbocycles. The molecule has 1 saturated heterocycles. The zero-order valence-electron chi connectivity index (χ0n) is 14.4. The van der Waals surface area contributed by atoms with Crippen molar-refractivity contribution in [1.82, 2.24) is 9.80 Å². The molecule has 4 nitrogen and oxygen atoms in total. The van der Waals surface area contributed by atoms with E-state index in [1.807, 2.05) is 27.3 Å². The molecule has 1 aliphatic heterocycles. The number of nitrogens with zero attached hydrogens (tertiary/aromatic N) is 2. The highest BCUT2D eigenvalue weighted by Crippen LogP contribution is 2.48. The summed E-state index contributed by atoms with van der Waals surface area (Å²) in [6.45, 7) is 2.40. The molecule has 2 heterocycles. The second kappa shape index (κ2) is 7.19. The molecule has 2 amide bonds. The number of halogens is 1. The average Bonchev–Trinajstić information content (AvgIpc) is 3.30. The Bertz CT molecular complexity index is 783. The van der Waals surface area contributed by atoms with Gasteiger partial charge in [-0.3, -0.25) is 9.59 Å². The first-order valence-electron chi connectivity index (χ1n) is 8.96. The Hall–Kier alpha value is -2.21. The zero-order valence-corrected chi connectivity index (χ0v) is 15.3. The third kappa shape index (κ3) is 3.65. The second-order valence-corrected chi connectivity index (χ2v) is 7.99. The lowest BCUT2D eigenvalue weighted by molar-refractivity contribution is -0.140. The summed E-state index contributed by atoms with van der Waals surface area (Å²) >= 11 is 1.60. The van der Waals surface area contributed by atoms with Crippen molar-refractivity contribution in [2.45, 2.75) is 18.8 Å². The second-order valence-electron chi connectivity index (χ2n) is 6.96. The summed E-state index contributed by atoms with van der Waals surface area (Å²) in [5.41, 5.74) is 1.04. The number of piperazine rings is 1. The van der Waals surface area contributed by atoms with Crippen molar-refractivity contribution in [3.63, 3.8) is 0 Å². The molecule has 1 aromatic carbocycles. The third-order valence-electron chi connectivity index (χ3n) is 5.26. The van der Waals surface area contributed by atoms with Crippen molar-refractivity contribution >= 4 is 23.2 Å². The van der Waals surface area contributed by atoms with Crippen molar-refractivity contribution in [1.29, 1.82) is 0 Å². The van der Waals surface area contributed by atoms with Crippen LogP contribution in [0.5, 0.6) is 0 Å². The molecule has 136 valence electrons. The molecule has 2 fully saturated rings. The first-order chi connectivity index (χ1) is 12.6. The molecule has 2 aromatic rings. The SMILES string of the molecule is O=C(Cc1cccs1)N1CCN(C(=O)[C@@H]2C[C@@H]2c2ccc(F)cc2)CC1. The molecule has 0 unspecified atom stereocenters. The monoisotopic (exact) mass is 372 g/mol. The Morgan fingerprint density at radius 1 is 1.04 bits per heavy atom. The van der Waals surface area contributed by atoms with Gasteiger partial charge in [0, 0.05) is 37.0 Å². The molecule has 2 atom stereocenters. The molecule has 0 radical (unpaired) electrons. The van der Waals surface area contributed by atoms with Crippen molar-refractivity contribution in [2.24, 2.45) is 5.92 Å². The van der Waals surface area contributed by atoms with E-state index in [1.54, 1.807) is 23.5 Å². The lowest BCUT2D eigenvalue weighted by Gasteiger charge is -2.35. The molecule has 1 aliphatic carbocycles. The lowest BCUT2D eigenvalue weighted by atomic mass is 10.1. The normalized spacial score (nSPS) is 22.3. The maximum absolute atomic E-state index is 13.0. The van der Waals surface area contributed by atoms with Crippen LogP contribution in [-0.4, -0.2) is 47.8 Å². The number of rotatable bonds is 4. The Kier molecular flexibility index (Phi) is 4.76. The highest BCUT2D eigenvalue weighted by atomic mass is 32.1. The van der Waals surface area contributed by atoms with E-state index >= 15 is 0 Å². The van der Waals surface area contributed by atoms with Crippen LogP contribution in [0.2, 0.25) is 0 Å². The summed E-state index contributed by atoms with van der Waals surface area (Å²) in [6, 6.07) is 10.4. The zero-order chi connectivity index (χ0) is 18.1. The van der Waals surface area contributed by atoms with E-state index in [0.717, 1.165) is 16.9 Å². The summed E-state index contributed by atoms with van der Waals surface area (Å²) in [5, 5.41) is 1.98. The fourth-order valence-corrected chi connectivity index (χ4v) is 4.33. The maximum atomic E-state index is 13.0. The van der Waals surface area contributed by atoms with Gasteiger partial charge in [0.15, 0.2) is 0 Å². The quantitative estimate of drug-likeness (QED) is 0.828. The van der Waals surface area contributed by atoms with Crippen molar-refractivity contribution < 1.29 is 14.0 Å². The number of thiophene rings is 1. The van der Waals surface area contributed by atoms with Gasteiger partial charge in [-0.05, 0) is 41.5 Å². The van der Waals surface area contributed by atoms with Gasteiger partial charge in [0.05, 0.1) is 6.42 Å². The Balaban J connectivity index is 1.27. The van der Waals surface area contributed by atoms with Crippen LogP contribution in [0.25, 0.3) is 0 Å². The van der Waals surface area contributed by atoms with E-state index in [-0.39, 0.29) is 29.5 Å². The summed E-state index contributed by atoms with van der Waals surface area (Å²) < 4.78 is 13.0. The molecule has 1 aromatic heterocycles. The molecule has 4 rings (SSSR count). The first kappa shape index (κ1) is 17.2. The highest BCUT2D eigenvalue weighted by molar-refractivity contribution is 7.10. The van der Waals surface area contributed by atoms with E-state index in [9.17, 15) is 14.0 Å². The van der Waals surface area contributed by atoms with Gasteiger partial charge < -0.3 is 9.80 Å². The predicted molar refractivity (Wildman–Crippen MR) is 98.4 cm³/mol. The minimum absolute atomic E-state index is 0.00818. The smallest absolute Gasteiger partial charge is 0.227 e. The predicted octanol–water partition coefficient (Wildman–Crippen LogP) is 2.90. The first-order valence-corrected chi connectivity index (χ1v) is 9.84. The van der Waals surface area contributed by atoms with E-state index in [1.165, 1.54) is 12.1 Å². The van der Waals surface area contributed by atoms with Crippen LogP contribution >= 0.6 is 11.3 Å². The van der Waals surface area contributed by atoms with Gasteiger partial charge in [-0.15, -0.1) is 11.3 Å². The molecule has 6 heteroatoms. The minimum Gasteiger partial charge on any atom is -0.339 e. The van der Waals surface area contributed by atoms with Crippen molar-refractivity contribution in [3.05, 3.63) is 58.0 Å². The topological polar surface area (TPSA) is 40.6 Å². The van der Waals surface area contributed by atoms with Gasteiger partial charge in [-0.2, -0.15) is 0 Å². The Morgan fingerprint density at radius 2 is 1.73 bits per heavy atom. The standard InChI is InChI=1S/C20H21FN2O2S/c21-15-5-3-14(4-6-15)17-13-18(17)20(25)23-9-7-22(8-10-23)19(24)12-16-2-1-11-26-16/h1-6,11,17-18H,7-10,12-13H2/t17-,18-/m1/s1. The number of benzene rings is 1. The largest absolute Gasteiger partial charge is 0.339 e. The summed E-state index contributed by atoms with van der Waals surface area (Å²) in [4.78, 5) is 29.9. The fraction of sp³-hybridized carbons (Fsp3) is 0.400. The van der Waals surface area contributed by atoms with Crippen LogP contribution in [0.1, 0.15) is 22.8 Å². The van der Waals surface area contributed by atoms with Gasteiger partial charge in [0.2, 0.25) is 11.8 Å². The van der Waals surface area contributed by atoms with E-state index in [4.69, 9.17) is 0 Å². The highest BCUT2D eigenvalue weighted by Gasteiger charge is 2.46. The summed E-state index contributed by atoms with van der Waals surface area (Å²) in [5.74, 6) is 0.274. The van der Waals surface area contributed by atoms with Gasteiger partial charge in [0.1, 0.15) is 5.82 Å². The van der Waals surface area contributed by atoms with Crippen LogP contribution < -0.4 is 0 Å². The number of carbonyl (C=O) groups is 2. The molecular formula is C20H21FN2O2S. The van der Waals surface area contributed by atoms with Crippen molar-refractivity contribution in [2.75, 3.05) is 26.2 Å². The molecule has 0 bridgehead atoms. The molecule has 26 heavy (non-hydrogen) atoms. The van der Waals surface area contributed by atoms with Gasteiger partial charge >= 0.3 is 0 Å². The van der Waals surface area contributed by atoms with Crippen molar-refractivity contribution in [3.8, 4) is 0 Å². The molecule has 0 spiro atoms. The maximum Gasteiger partial charge on any atom is 0.227 e. The summed E-state index contributed by atoms with van der Waals surface area (Å²) in [7, 11) is 0. The van der Waals surface area contributed by atoms with Crippen LogP contribution in [0, 0.1) is 11.7 Å². The van der Waals surface area contributed by atoms with Crippen LogP contribution in [0.15, 0.2) is 41.8 Å². The van der Waals surface area contributed by atoms with E-state index in [2.05, 4.69) is 0 Å². The van der Waals surface area contributed by atoms with Crippen LogP contribution in [0.3, 0.4) is 0 Å². The van der Waals surface area contributed by atoms with Gasteiger partial charge in [-0.25, -0.2) is 4.39 Å². The third-order valence-corrected chi connectivity index (χ3v) is 6.13. The lowest BCUT2D eigenvalue weighted by Crippen LogP contribution is -2.51. The van der Waals surface area contributed by atoms with E-state index in [0.29, 0.717) is 32.6 Å². The average molecular weight is 372 g/mol. The number of hydrogen-bond acceptors (Lipinski definition) is 3. The van der Waals surface area contributed by atoms with Crippen LogP contribution in [-0.2, 0) is 16.0 Å². The number of carbonyl (C=O) groups excluding carboxylic acids is 2. The summed E-state index contributed by atoms with van der Waals surface area (Å²) in [6.07, 6.45) is 1.28.